The zero-order chi connectivity index (χ0) is 16.1. The van der Waals surface area contributed by atoms with Crippen molar-refractivity contribution in [3.63, 3.8) is 0 Å². The van der Waals surface area contributed by atoms with Crippen LogP contribution >= 0.6 is 15.9 Å². The summed E-state index contributed by atoms with van der Waals surface area (Å²) in [5, 5.41) is 13.9. The SMILES string of the molecule is O=[N+]([O-])c1cc(Br)ccc1NCc1ccccc1OC(F)F. The topological polar surface area (TPSA) is 64.4 Å². The van der Waals surface area contributed by atoms with Crippen molar-refractivity contribution in [1.29, 1.82) is 0 Å². The predicted octanol–water partition coefficient (Wildman–Crippen LogP) is 4.57. The van der Waals surface area contributed by atoms with E-state index < -0.39 is 11.5 Å². The van der Waals surface area contributed by atoms with E-state index in [0.29, 0.717) is 15.7 Å². The van der Waals surface area contributed by atoms with Crippen LogP contribution in [-0.4, -0.2) is 11.5 Å². The van der Waals surface area contributed by atoms with Crippen LogP contribution < -0.4 is 10.1 Å². The fraction of sp³-hybridized carbons (Fsp3) is 0.143. The van der Waals surface area contributed by atoms with Crippen LogP contribution in [0.1, 0.15) is 5.56 Å². The number of para-hydroxylation sites is 1. The highest BCUT2D eigenvalue weighted by molar-refractivity contribution is 9.10. The van der Waals surface area contributed by atoms with E-state index in [2.05, 4.69) is 26.0 Å². The molecule has 5 nitrogen and oxygen atoms in total. The Morgan fingerprint density at radius 1 is 1.27 bits per heavy atom. The minimum absolute atomic E-state index is 0.0322. The lowest BCUT2D eigenvalue weighted by molar-refractivity contribution is -0.384. The molecule has 0 amide bonds. The van der Waals surface area contributed by atoms with Crippen molar-refractivity contribution in [2.24, 2.45) is 0 Å². The molecule has 2 aromatic rings. The summed E-state index contributed by atoms with van der Waals surface area (Å²) >= 11 is 3.16. The molecule has 0 unspecified atom stereocenters. The van der Waals surface area contributed by atoms with Crippen LogP contribution in [0.25, 0.3) is 0 Å². The van der Waals surface area contributed by atoms with Gasteiger partial charge in [-0.1, -0.05) is 34.1 Å². The first kappa shape index (κ1) is 16.2. The van der Waals surface area contributed by atoms with Crippen molar-refractivity contribution in [3.8, 4) is 5.75 Å². The number of anilines is 1. The molecule has 0 fully saturated rings. The third kappa shape index (κ3) is 4.14. The van der Waals surface area contributed by atoms with E-state index in [0.717, 1.165) is 0 Å². The molecule has 0 spiro atoms. The first-order valence-corrected chi connectivity index (χ1v) is 6.97. The van der Waals surface area contributed by atoms with Gasteiger partial charge in [-0.15, -0.1) is 0 Å². The van der Waals surface area contributed by atoms with Crippen LogP contribution in [0.5, 0.6) is 5.75 Å². The molecule has 0 radical (unpaired) electrons. The normalized spacial score (nSPS) is 10.5. The maximum absolute atomic E-state index is 12.3. The van der Waals surface area contributed by atoms with Gasteiger partial charge in [0.15, 0.2) is 0 Å². The number of benzene rings is 2. The standard InChI is InChI=1S/C14H11BrF2N2O3/c15-10-5-6-11(12(7-10)19(20)21)18-8-9-3-1-2-4-13(9)22-14(16)17/h1-7,14,18H,8H2. The predicted molar refractivity (Wildman–Crippen MR) is 81.2 cm³/mol. The summed E-state index contributed by atoms with van der Waals surface area (Å²) in [4.78, 5) is 10.5. The molecular formula is C14H11BrF2N2O3. The van der Waals surface area contributed by atoms with E-state index in [1.54, 1.807) is 30.3 Å². The van der Waals surface area contributed by atoms with Crippen molar-refractivity contribution in [3.05, 3.63) is 62.6 Å². The number of alkyl halides is 2. The molecule has 22 heavy (non-hydrogen) atoms. The van der Waals surface area contributed by atoms with Crippen LogP contribution in [0, 0.1) is 10.1 Å². The average Bonchev–Trinajstić information content (AvgIpc) is 2.46. The molecule has 2 aromatic carbocycles. The lowest BCUT2D eigenvalue weighted by Crippen LogP contribution is -2.08. The molecule has 0 aliphatic carbocycles. The summed E-state index contributed by atoms with van der Waals surface area (Å²) in [6.45, 7) is -2.81. The van der Waals surface area contributed by atoms with Gasteiger partial charge in [-0.05, 0) is 18.2 Å². The van der Waals surface area contributed by atoms with Gasteiger partial charge >= 0.3 is 6.61 Å². The van der Waals surface area contributed by atoms with Crippen LogP contribution in [0.4, 0.5) is 20.2 Å². The smallest absolute Gasteiger partial charge is 0.387 e. The number of ether oxygens (including phenoxy) is 1. The van der Waals surface area contributed by atoms with Crippen molar-refractivity contribution < 1.29 is 18.4 Å². The Kier molecular flexibility index (Phi) is 5.26. The Labute approximate surface area is 133 Å². The summed E-state index contributed by atoms with van der Waals surface area (Å²) in [6.07, 6.45) is 0. The highest BCUT2D eigenvalue weighted by Crippen LogP contribution is 2.29. The molecule has 2 rings (SSSR count). The van der Waals surface area contributed by atoms with Gasteiger partial charge in [0.2, 0.25) is 0 Å². The highest BCUT2D eigenvalue weighted by Gasteiger charge is 2.15. The minimum Gasteiger partial charge on any atom is -0.434 e. The molecule has 0 atom stereocenters. The molecular weight excluding hydrogens is 362 g/mol. The molecule has 0 aliphatic rings. The zero-order valence-corrected chi connectivity index (χ0v) is 12.7. The summed E-state index contributed by atoms with van der Waals surface area (Å²) in [5.41, 5.74) is 0.654. The molecule has 0 saturated heterocycles. The quantitative estimate of drug-likeness (QED) is 0.595. The molecule has 0 aromatic heterocycles. The third-order valence-electron chi connectivity index (χ3n) is 2.81. The van der Waals surface area contributed by atoms with E-state index in [9.17, 15) is 18.9 Å². The van der Waals surface area contributed by atoms with Gasteiger partial charge in [0.25, 0.3) is 5.69 Å². The first-order valence-electron chi connectivity index (χ1n) is 6.18. The summed E-state index contributed by atoms with van der Waals surface area (Å²) in [5.74, 6) is 0.0322. The number of nitro benzene ring substituents is 1. The summed E-state index contributed by atoms with van der Waals surface area (Å²) in [7, 11) is 0. The van der Waals surface area contributed by atoms with Crippen LogP contribution in [-0.2, 0) is 6.54 Å². The molecule has 0 saturated carbocycles. The fourth-order valence-corrected chi connectivity index (χ4v) is 2.21. The van der Waals surface area contributed by atoms with Crippen LogP contribution in [0.2, 0.25) is 0 Å². The second-order valence-corrected chi connectivity index (χ2v) is 5.17. The third-order valence-corrected chi connectivity index (χ3v) is 3.31. The first-order chi connectivity index (χ1) is 10.5. The van der Waals surface area contributed by atoms with E-state index in [1.165, 1.54) is 12.1 Å². The Morgan fingerprint density at radius 2 is 2.00 bits per heavy atom. The Bertz CT molecular complexity index is 683. The maximum atomic E-state index is 12.3. The lowest BCUT2D eigenvalue weighted by atomic mass is 10.2. The van der Waals surface area contributed by atoms with Gasteiger partial charge in [0.1, 0.15) is 11.4 Å². The van der Waals surface area contributed by atoms with Gasteiger partial charge in [-0.3, -0.25) is 10.1 Å². The molecule has 8 heteroatoms. The van der Waals surface area contributed by atoms with E-state index >= 15 is 0 Å². The van der Waals surface area contributed by atoms with Crippen LogP contribution in [0.15, 0.2) is 46.9 Å². The van der Waals surface area contributed by atoms with Gasteiger partial charge in [0.05, 0.1) is 4.92 Å². The number of nitrogens with zero attached hydrogens (tertiary/aromatic N) is 1. The number of hydrogen-bond donors (Lipinski definition) is 1. The van der Waals surface area contributed by atoms with Crippen LogP contribution in [0.3, 0.4) is 0 Å². The Balaban J connectivity index is 2.19. The lowest BCUT2D eigenvalue weighted by Gasteiger charge is -2.12. The maximum Gasteiger partial charge on any atom is 0.387 e. The van der Waals surface area contributed by atoms with E-state index in [4.69, 9.17) is 0 Å². The van der Waals surface area contributed by atoms with Crippen molar-refractivity contribution in [1.82, 2.24) is 0 Å². The largest absolute Gasteiger partial charge is 0.434 e. The second kappa shape index (κ2) is 7.17. The molecule has 0 aliphatic heterocycles. The second-order valence-electron chi connectivity index (χ2n) is 4.26. The number of nitro groups is 1. The molecule has 116 valence electrons. The summed E-state index contributed by atoms with van der Waals surface area (Å²) in [6, 6.07) is 10.8. The van der Waals surface area contributed by atoms with Gasteiger partial charge < -0.3 is 10.1 Å². The molecule has 0 heterocycles. The van der Waals surface area contributed by atoms with Gasteiger partial charge in [-0.25, -0.2) is 0 Å². The molecule has 0 bridgehead atoms. The highest BCUT2D eigenvalue weighted by atomic mass is 79.9. The van der Waals surface area contributed by atoms with Crippen molar-refractivity contribution in [2.45, 2.75) is 13.2 Å². The number of rotatable bonds is 6. The zero-order valence-electron chi connectivity index (χ0n) is 11.1. The van der Waals surface area contributed by atoms with E-state index in [1.807, 2.05) is 0 Å². The number of nitrogens with one attached hydrogen (secondary N) is 1. The van der Waals surface area contributed by atoms with E-state index in [-0.39, 0.29) is 18.0 Å². The fourth-order valence-electron chi connectivity index (χ4n) is 1.86. The number of halogens is 3. The molecule has 1 N–H and O–H groups in total. The number of hydrogen-bond acceptors (Lipinski definition) is 4. The average molecular weight is 373 g/mol. The van der Waals surface area contributed by atoms with Crippen molar-refractivity contribution in [2.75, 3.05) is 5.32 Å². The van der Waals surface area contributed by atoms with Gasteiger partial charge in [-0.2, -0.15) is 8.78 Å². The van der Waals surface area contributed by atoms with Crippen molar-refractivity contribution >= 4 is 27.3 Å². The Hall–Kier alpha value is -2.22. The Morgan fingerprint density at radius 3 is 2.68 bits per heavy atom. The van der Waals surface area contributed by atoms with Gasteiger partial charge in [0, 0.05) is 22.6 Å². The minimum atomic E-state index is -2.93. The summed E-state index contributed by atoms with van der Waals surface area (Å²) < 4.78 is 29.7. The monoisotopic (exact) mass is 372 g/mol.